The van der Waals surface area contributed by atoms with E-state index >= 15 is 0 Å². The van der Waals surface area contributed by atoms with E-state index < -0.39 is 27.8 Å². The first-order valence-corrected chi connectivity index (χ1v) is 10.4. The third-order valence-electron chi connectivity index (χ3n) is 5.45. The molecule has 1 amide bonds. The maximum Gasteiger partial charge on any atom is 0.307 e. The summed E-state index contributed by atoms with van der Waals surface area (Å²) < 4.78 is 26.7. The molecule has 3 rings (SSSR count). The van der Waals surface area contributed by atoms with Crippen molar-refractivity contribution in [3.8, 4) is 0 Å². The quantitative estimate of drug-likeness (QED) is 0.774. The number of piperidine rings is 1. The molecule has 8 heteroatoms. The third kappa shape index (κ3) is 3.91. The van der Waals surface area contributed by atoms with Gasteiger partial charge in [-0.3, -0.25) is 9.59 Å². The fourth-order valence-electron chi connectivity index (χ4n) is 3.58. The van der Waals surface area contributed by atoms with Gasteiger partial charge >= 0.3 is 5.97 Å². The maximum absolute atomic E-state index is 12.6. The van der Waals surface area contributed by atoms with Crippen molar-refractivity contribution in [3.63, 3.8) is 0 Å². The molecule has 0 aromatic heterocycles. The molecule has 1 saturated heterocycles. The minimum atomic E-state index is -3.46. The summed E-state index contributed by atoms with van der Waals surface area (Å²) in [6.07, 6.45) is 2.54. The lowest BCUT2D eigenvalue weighted by Crippen LogP contribution is -2.46. The normalized spacial score (nSPS) is 24.6. The number of sulfonamides is 1. The molecule has 2 fully saturated rings. The number of carbonyl (C=O) groups excluding carboxylic acids is 1. The summed E-state index contributed by atoms with van der Waals surface area (Å²) in [5, 5.41) is 11.9. The van der Waals surface area contributed by atoms with Gasteiger partial charge in [-0.1, -0.05) is 18.2 Å². The molecule has 1 heterocycles. The summed E-state index contributed by atoms with van der Waals surface area (Å²) >= 11 is 0. The molecule has 0 bridgehead atoms. The second kappa shape index (κ2) is 7.75. The van der Waals surface area contributed by atoms with Gasteiger partial charge in [-0.2, -0.15) is 4.31 Å². The van der Waals surface area contributed by atoms with Crippen LogP contribution in [0.3, 0.4) is 0 Å². The molecule has 1 aliphatic heterocycles. The van der Waals surface area contributed by atoms with Crippen LogP contribution < -0.4 is 5.32 Å². The molecule has 0 spiro atoms. The smallest absolute Gasteiger partial charge is 0.307 e. The molecule has 7 nitrogen and oxygen atoms in total. The molecule has 2 aliphatic rings. The first-order chi connectivity index (χ1) is 12.4. The highest BCUT2D eigenvalue weighted by molar-refractivity contribution is 7.89. The van der Waals surface area contributed by atoms with Crippen molar-refractivity contribution in [2.75, 3.05) is 19.6 Å². The summed E-state index contributed by atoms with van der Waals surface area (Å²) in [6.45, 7) is 1.33. The molecule has 1 aromatic rings. The number of carboxylic acids is 1. The van der Waals surface area contributed by atoms with Gasteiger partial charge in [-0.15, -0.1) is 0 Å². The number of hydrogen-bond acceptors (Lipinski definition) is 4. The molecular weight excluding hydrogens is 356 g/mol. The number of nitrogens with zero attached hydrogens (tertiary/aromatic N) is 1. The number of amides is 1. The zero-order valence-corrected chi connectivity index (χ0v) is 15.3. The Morgan fingerprint density at radius 3 is 2.19 bits per heavy atom. The van der Waals surface area contributed by atoms with Crippen molar-refractivity contribution < 1.29 is 23.1 Å². The summed E-state index contributed by atoms with van der Waals surface area (Å²) in [7, 11) is -3.46. The molecule has 0 radical (unpaired) electrons. The Kier molecular flexibility index (Phi) is 5.62. The van der Waals surface area contributed by atoms with Crippen molar-refractivity contribution in [1.82, 2.24) is 9.62 Å². The van der Waals surface area contributed by atoms with Gasteiger partial charge in [-0.05, 0) is 43.7 Å². The Hall–Kier alpha value is -1.93. The average Bonchev–Trinajstić information content (AvgIpc) is 2.59. The number of nitrogens with one attached hydrogen (secondary N) is 1. The third-order valence-corrected chi connectivity index (χ3v) is 7.36. The molecule has 2 atom stereocenters. The van der Waals surface area contributed by atoms with Crippen LogP contribution in [0.25, 0.3) is 0 Å². The lowest BCUT2D eigenvalue weighted by molar-refractivity contribution is -0.152. The minimum Gasteiger partial charge on any atom is -0.481 e. The van der Waals surface area contributed by atoms with E-state index in [-0.39, 0.29) is 11.8 Å². The Morgan fingerprint density at radius 2 is 1.65 bits per heavy atom. The van der Waals surface area contributed by atoms with E-state index in [1.807, 2.05) is 0 Å². The highest BCUT2D eigenvalue weighted by Crippen LogP contribution is 2.34. The summed E-state index contributed by atoms with van der Waals surface area (Å²) in [5.41, 5.74) is 0. The van der Waals surface area contributed by atoms with Gasteiger partial charge in [0.15, 0.2) is 0 Å². The van der Waals surface area contributed by atoms with E-state index in [1.165, 1.54) is 4.31 Å². The van der Waals surface area contributed by atoms with Gasteiger partial charge in [0, 0.05) is 19.6 Å². The Morgan fingerprint density at radius 1 is 1.04 bits per heavy atom. The maximum atomic E-state index is 12.6. The number of aliphatic carboxylic acids is 1. The molecular formula is C18H24N2O5S. The van der Waals surface area contributed by atoms with Crippen LogP contribution in [0.1, 0.15) is 25.7 Å². The van der Waals surface area contributed by atoms with Crippen LogP contribution in [-0.4, -0.2) is 49.3 Å². The first kappa shape index (κ1) is 18.8. The van der Waals surface area contributed by atoms with Crippen LogP contribution in [0.2, 0.25) is 0 Å². The van der Waals surface area contributed by atoms with Gasteiger partial charge in [0.25, 0.3) is 0 Å². The van der Waals surface area contributed by atoms with E-state index in [0.29, 0.717) is 50.2 Å². The zero-order valence-electron chi connectivity index (χ0n) is 14.5. The van der Waals surface area contributed by atoms with Crippen LogP contribution in [-0.2, 0) is 19.6 Å². The topological polar surface area (TPSA) is 104 Å². The largest absolute Gasteiger partial charge is 0.481 e. The molecule has 26 heavy (non-hydrogen) atoms. The summed E-state index contributed by atoms with van der Waals surface area (Å²) in [4.78, 5) is 23.4. The molecule has 2 unspecified atom stereocenters. The predicted molar refractivity (Wildman–Crippen MR) is 94.8 cm³/mol. The van der Waals surface area contributed by atoms with Crippen molar-refractivity contribution in [3.05, 3.63) is 30.3 Å². The van der Waals surface area contributed by atoms with Crippen molar-refractivity contribution in [2.45, 2.75) is 30.6 Å². The molecule has 1 saturated carbocycles. The second-order valence-corrected chi connectivity index (χ2v) is 8.97. The van der Waals surface area contributed by atoms with Crippen molar-refractivity contribution in [2.24, 2.45) is 17.8 Å². The zero-order chi connectivity index (χ0) is 18.7. The van der Waals surface area contributed by atoms with Crippen LogP contribution in [0, 0.1) is 17.8 Å². The highest BCUT2D eigenvalue weighted by atomic mass is 32.2. The van der Waals surface area contributed by atoms with Gasteiger partial charge in [0.05, 0.1) is 16.7 Å². The molecule has 1 aliphatic carbocycles. The van der Waals surface area contributed by atoms with E-state index in [9.17, 15) is 18.0 Å². The van der Waals surface area contributed by atoms with E-state index in [2.05, 4.69) is 5.32 Å². The Bertz CT molecular complexity index is 757. The molecule has 142 valence electrons. The van der Waals surface area contributed by atoms with Gasteiger partial charge < -0.3 is 10.4 Å². The van der Waals surface area contributed by atoms with Crippen LogP contribution in [0.5, 0.6) is 0 Å². The predicted octanol–water partition coefficient (Wildman–Crippen LogP) is 1.31. The number of carboxylic acid groups (broad SMARTS) is 1. The van der Waals surface area contributed by atoms with Gasteiger partial charge in [0.1, 0.15) is 0 Å². The van der Waals surface area contributed by atoms with Crippen LogP contribution >= 0.6 is 0 Å². The number of carbonyl (C=O) groups is 2. The van der Waals surface area contributed by atoms with Crippen LogP contribution in [0.4, 0.5) is 0 Å². The standard InChI is InChI=1S/C18H24N2O5S/c21-17(15-6-7-16(15)18(22)23)19-12-13-8-10-20(11-9-13)26(24,25)14-4-2-1-3-5-14/h1-5,13,15-16H,6-12H2,(H,19,21)(H,22,23). The van der Waals surface area contributed by atoms with Crippen molar-refractivity contribution >= 4 is 21.9 Å². The molecule has 2 N–H and O–H groups in total. The number of rotatable bonds is 6. The SMILES string of the molecule is O=C(O)C1CCC1C(=O)NCC1CCN(S(=O)(=O)c2ccccc2)CC1. The second-order valence-electron chi connectivity index (χ2n) is 7.03. The van der Waals surface area contributed by atoms with Gasteiger partial charge in [-0.25, -0.2) is 8.42 Å². The lowest BCUT2D eigenvalue weighted by Gasteiger charge is -2.34. The highest BCUT2D eigenvalue weighted by Gasteiger charge is 2.41. The number of benzene rings is 1. The van der Waals surface area contributed by atoms with Gasteiger partial charge in [0.2, 0.25) is 15.9 Å². The monoisotopic (exact) mass is 380 g/mol. The average molecular weight is 380 g/mol. The van der Waals surface area contributed by atoms with E-state index in [4.69, 9.17) is 5.11 Å². The van der Waals surface area contributed by atoms with Crippen LogP contribution in [0.15, 0.2) is 35.2 Å². The van der Waals surface area contributed by atoms with Crippen molar-refractivity contribution in [1.29, 1.82) is 0 Å². The first-order valence-electron chi connectivity index (χ1n) is 8.95. The fraction of sp³-hybridized carbons (Fsp3) is 0.556. The number of hydrogen-bond donors (Lipinski definition) is 2. The lowest BCUT2D eigenvalue weighted by atomic mass is 9.73. The Balaban J connectivity index is 1.47. The summed E-state index contributed by atoms with van der Waals surface area (Å²) in [6, 6.07) is 8.39. The fourth-order valence-corrected chi connectivity index (χ4v) is 5.07. The van der Waals surface area contributed by atoms with E-state index in [0.717, 1.165) is 0 Å². The summed E-state index contributed by atoms with van der Waals surface area (Å²) in [5.74, 6) is -1.87. The molecule has 1 aromatic carbocycles. The minimum absolute atomic E-state index is 0.192. The van der Waals surface area contributed by atoms with E-state index in [1.54, 1.807) is 30.3 Å². The Labute approximate surface area is 153 Å².